The predicted molar refractivity (Wildman–Crippen MR) is 106 cm³/mol. The van der Waals surface area contributed by atoms with Gasteiger partial charge < -0.3 is 15.0 Å². The van der Waals surface area contributed by atoms with Gasteiger partial charge in [0.2, 0.25) is 5.88 Å². The fraction of sp³-hybridized carbons (Fsp3) is 0.450. The smallest absolute Gasteiger partial charge is 0.422 e. The molecule has 2 aromatic rings. The molecular formula is C20H24F3N5O2. The molecule has 0 radical (unpaired) electrons. The van der Waals surface area contributed by atoms with Crippen LogP contribution in [-0.4, -0.2) is 72.3 Å². The molecule has 3 rings (SSSR count). The van der Waals surface area contributed by atoms with E-state index >= 15 is 0 Å². The summed E-state index contributed by atoms with van der Waals surface area (Å²) in [5, 5.41) is 2.82. The molecule has 1 fully saturated rings. The third-order valence-electron chi connectivity index (χ3n) is 4.64. The summed E-state index contributed by atoms with van der Waals surface area (Å²) < 4.78 is 41.9. The second-order valence-corrected chi connectivity index (χ2v) is 7.11. The van der Waals surface area contributed by atoms with E-state index in [4.69, 9.17) is 0 Å². The van der Waals surface area contributed by atoms with Crippen LogP contribution < -0.4 is 15.0 Å². The van der Waals surface area contributed by atoms with E-state index < -0.39 is 18.7 Å². The average molecular weight is 423 g/mol. The molecule has 1 amide bonds. The topological polar surface area (TPSA) is 70.6 Å². The number of halogens is 3. The number of nitrogens with zero attached hydrogens (tertiary/aromatic N) is 4. The number of carbonyl (C=O) groups excluding carboxylic acids is 1. The number of rotatable bonds is 7. The number of alkyl halides is 3. The molecule has 1 atom stereocenters. The molecule has 1 aliphatic heterocycles. The van der Waals surface area contributed by atoms with Gasteiger partial charge in [0.05, 0.1) is 0 Å². The Morgan fingerprint density at radius 3 is 2.53 bits per heavy atom. The van der Waals surface area contributed by atoms with Crippen LogP contribution in [0.15, 0.2) is 42.7 Å². The summed E-state index contributed by atoms with van der Waals surface area (Å²) in [6, 6.07) is 8.49. The molecule has 0 bridgehead atoms. The number of hydrogen-bond acceptors (Lipinski definition) is 6. The maximum Gasteiger partial charge on any atom is 0.422 e. The first-order chi connectivity index (χ1) is 14.3. The van der Waals surface area contributed by atoms with Gasteiger partial charge in [-0.3, -0.25) is 9.69 Å². The third-order valence-corrected chi connectivity index (χ3v) is 4.64. The van der Waals surface area contributed by atoms with Crippen molar-refractivity contribution >= 4 is 11.7 Å². The number of anilines is 1. The van der Waals surface area contributed by atoms with Gasteiger partial charge in [-0.05, 0) is 31.2 Å². The second-order valence-electron chi connectivity index (χ2n) is 7.11. The van der Waals surface area contributed by atoms with Gasteiger partial charge in [0.25, 0.3) is 5.91 Å². The van der Waals surface area contributed by atoms with Crippen LogP contribution in [0.5, 0.6) is 5.88 Å². The molecular weight excluding hydrogens is 399 g/mol. The van der Waals surface area contributed by atoms with E-state index in [1.807, 2.05) is 25.1 Å². The highest BCUT2D eigenvalue weighted by Crippen LogP contribution is 2.20. The quantitative estimate of drug-likeness (QED) is 0.737. The van der Waals surface area contributed by atoms with E-state index in [1.165, 1.54) is 18.3 Å². The van der Waals surface area contributed by atoms with E-state index in [-0.39, 0.29) is 17.5 Å². The molecule has 0 spiro atoms. The molecule has 1 N–H and O–H groups in total. The second kappa shape index (κ2) is 9.75. The first kappa shape index (κ1) is 21.8. The van der Waals surface area contributed by atoms with Crippen LogP contribution in [0.1, 0.15) is 17.3 Å². The minimum absolute atomic E-state index is 0.0198. The van der Waals surface area contributed by atoms with Crippen LogP contribution in [0.2, 0.25) is 0 Å². The number of hydrogen-bond donors (Lipinski definition) is 1. The summed E-state index contributed by atoms with van der Waals surface area (Å²) in [7, 11) is 0. The normalized spacial score (nSPS) is 16.2. The van der Waals surface area contributed by atoms with Crippen molar-refractivity contribution in [3.8, 4) is 5.88 Å². The van der Waals surface area contributed by atoms with Crippen molar-refractivity contribution in [3.63, 3.8) is 0 Å². The summed E-state index contributed by atoms with van der Waals surface area (Å²) in [6.07, 6.45) is -1.45. The maximum atomic E-state index is 12.5. The molecule has 1 saturated heterocycles. The van der Waals surface area contributed by atoms with Crippen molar-refractivity contribution < 1.29 is 22.7 Å². The Morgan fingerprint density at radius 2 is 1.87 bits per heavy atom. The van der Waals surface area contributed by atoms with Crippen molar-refractivity contribution in [2.24, 2.45) is 0 Å². The standard InChI is InChI=1S/C20H24F3N5O2/c1-15(13-27-9-11-28(12-10-27)17-6-2-3-7-24-17)26-18(29)16-5-4-8-25-19(16)30-14-20(21,22)23/h2-8,15H,9-14H2,1H3,(H,26,29). The lowest BCUT2D eigenvalue weighted by Crippen LogP contribution is -2.51. The SMILES string of the molecule is CC(CN1CCN(c2ccccn2)CC1)NC(=O)c1cccnc1OCC(F)(F)F. The lowest BCUT2D eigenvalue weighted by molar-refractivity contribution is -0.154. The minimum atomic E-state index is -4.50. The third kappa shape index (κ3) is 6.31. The van der Waals surface area contributed by atoms with Gasteiger partial charge in [0, 0.05) is 51.2 Å². The first-order valence-electron chi connectivity index (χ1n) is 9.65. The van der Waals surface area contributed by atoms with Crippen molar-refractivity contribution in [3.05, 3.63) is 48.3 Å². The zero-order chi connectivity index (χ0) is 21.6. The Balaban J connectivity index is 1.50. The largest absolute Gasteiger partial charge is 0.467 e. The van der Waals surface area contributed by atoms with Gasteiger partial charge >= 0.3 is 6.18 Å². The van der Waals surface area contributed by atoms with Gasteiger partial charge in [-0.15, -0.1) is 0 Å². The van der Waals surface area contributed by atoms with Crippen LogP contribution in [-0.2, 0) is 0 Å². The van der Waals surface area contributed by atoms with Gasteiger partial charge in [-0.25, -0.2) is 9.97 Å². The van der Waals surface area contributed by atoms with Gasteiger partial charge in [0.15, 0.2) is 6.61 Å². The van der Waals surface area contributed by atoms with Crippen LogP contribution >= 0.6 is 0 Å². The lowest BCUT2D eigenvalue weighted by Gasteiger charge is -2.36. The Hall–Kier alpha value is -2.88. The maximum absolute atomic E-state index is 12.5. The summed E-state index contributed by atoms with van der Waals surface area (Å²) >= 11 is 0. The lowest BCUT2D eigenvalue weighted by atomic mass is 10.2. The van der Waals surface area contributed by atoms with E-state index in [0.29, 0.717) is 6.54 Å². The molecule has 7 nitrogen and oxygen atoms in total. The molecule has 1 unspecified atom stereocenters. The number of pyridine rings is 2. The average Bonchev–Trinajstić information content (AvgIpc) is 2.73. The van der Waals surface area contributed by atoms with Gasteiger partial charge in [-0.1, -0.05) is 6.07 Å². The molecule has 1 aliphatic rings. The fourth-order valence-corrected chi connectivity index (χ4v) is 3.26. The van der Waals surface area contributed by atoms with Crippen LogP contribution in [0.3, 0.4) is 0 Å². The minimum Gasteiger partial charge on any atom is -0.467 e. The molecule has 162 valence electrons. The van der Waals surface area contributed by atoms with Crippen LogP contribution in [0.25, 0.3) is 0 Å². The van der Waals surface area contributed by atoms with Crippen LogP contribution in [0.4, 0.5) is 19.0 Å². The summed E-state index contributed by atoms with van der Waals surface area (Å²) in [5.74, 6) is 0.102. The zero-order valence-electron chi connectivity index (χ0n) is 16.6. The van der Waals surface area contributed by atoms with E-state index in [2.05, 4.69) is 29.8 Å². The Morgan fingerprint density at radius 1 is 1.13 bits per heavy atom. The summed E-state index contributed by atoms with van der Waals surface area (Å²) in [5.41, 5.74) is -0.0198. The predicted octanol–water partition coefficient (Wildman–Crippen LogP) is 2.36. The van der Waals surface area contributed by atoms with Crippen molar-refractivity contribution in [1.82, 2.24) is 20.2 Å². The van der Waals surface area contributed by atoms with Crippen molar-refractivity contribution in [2.75, 3.05) is 44.2 Å². The number of carbonyl (C=O) groups is 1. The van der Waals surface area contributed by atoms with E-state index in [0.717, 1.165) is 32.0 Å². The molecule has 2 aromatic heterocycles. The Kier molecular flexibility index (Phi) is 7.09. The highest BCUT2D eigenvalue weighted by molar-refractivity contribution is 5.96. The number of nitrogens with one attached hydrogen (secondary N) is 1. The molecule has 30 heavy (non-hydrogen) atoms. The first-order valence-corrected chi connectivity index (χ1v) is 9.65. The Bertz CT molecular complexity index is 827. The molecule has 0 saturated carbocycles. The highest BCUT2D eigenvalue weighted by Gasteiger charge is 2.30. The van der Waals surface area contributed by atoms with Gasteiger partial charge in [0.1, 0.15) is 11.4 Å². The number of aromatic nitrogens is 2. The highest BCUT2D eigenvalue weighted by atomic mass is 19.4. The Labute approximate surface area is 172 Å². The number of amides is 1. The monoisotopic (exact) mass is 423 g/mol. The zero-order valence-corrected chi connectivity index (χ0v) is 16.6. The van der Waals surface area contributed by atoms with Crippen molar-refractivity contribution in [2.45, 2.75) is 19.1 Å². The summed E-state index contributed by atoms with van der Waals surface area (Å²) in [4.78, 5) is 25.1. The van der Waals surface area contributed by atoms with Gasteiger partial charge in [-0.2, -0.15) is 13.2 Å². The molecule has 0 aliphatic carbocycles. The summed E-state index contributed by atoms with van der Waals surface area (Å²) in [6.45, 7) is 4.29. The number of ether oxygens (including phenoxy) is 1. The van der Waals surface area contributed by atoms with E-state index in [9.17, 15) is 18.0 Å². The fourth-order valence-electron chi connectivity index (χ4n) is 3.26. The van der Waals surface area contributed by atoms with Crippen molar-refractivity contribution in [1.29, 1.82) is 0 Å². The van der Waals surface area contributed by atoms with Crippen LogP contribution in [0, 0.1) is 0 Å². The van der Waals surface area contributed by atoms with E-state index in [1.54, 1.807) is 6.20 Å². The molecule has 10 heteroatoms. The molecule has 0 aromatic carbocycles. The molecule has 3 heterocycles. The number of piperazine rings is 1.